The summed E-state index contributed by atoms with van der Waals surface area (Å²) in [6.07, 6.45) is 3.67. The zero-order valence-electron chi connectivity index (χ0n) is 41.5. The number of imidazole rings is 1. The summed E-state index contributed by atoms with van der Waals surface area (Å²) < 4.78 is 50.3. The number of thiophene rings is 1. The Labute approximate surface area is 396 Å². The van der Waals surface area contributed by atoms with Gasteiger partial charge in [-0.1, -0.05) is 157 Å². The van der Waals surface area contributed by atoms with Crippen LogP contribution < -0.4 is 5.19 Å². The minimum atomic E-state index is -2.54. The average molecular weight is 1050 g/mol. The summed E-state index contributed by atoms with van der Waals surface area (Å²) >= 11 is 1.75. The van der Waals surface area contributed by atoms with Gasteiger partial charge in [0, 0.05) is 53.5 Å². The van der Waals surface area contributed by atoms with Gasteiger partial charge < -0.3 is 14.5 Å². The Kier molecular flexibility index (Phi) is 12.0. The summed E-state index contributed by atoms with van der Waals surface area (Å²) in [4.78, 5) is 14.6. The second-order valence-electron chi connectivity index (χ2n) is 17.9. The van der Waals surface area contributed by atoms with Crippen LogP contribution in [0.1, 0.15) is 92.6 Å². The SMILES string of the molecule is Cc1cccc2sc3[c-]c(-c4nc5ccccc5n4-c4c(C(C)C)cc(-c5ccccc5)cc4C(C)C)cnc3c12.[2H]C([2H])([2H])c1cc[c-]c(-c2cc(C([2H])(C)C)c([Si](C)(C)C)cn2)c1F.[Ir]. The first-order valence-corrected chi connectivity index (χ1v) is 25.6. The second-order valence-corrected chi connectivity index (χ2v) is 24.0. The van der Waals surface area contributed by atoms with Gasteiger partial charge in [-0.3, -0.25) is 9.37 Å². The van der Waals surface area contributed by atoms with Crippen molar-refractivity contribution in [1.29, 1.82) is 0 Å². The Morgan fingerprint density at radius 1 is 0.778 bits per heavy atom. The fraction of sp³-hybridized carbons (Fsp3) is 0.255. The molecule has 8 heteroatoms. The summed E-state index contributed by atoms with van der Waals surface area (Å²) in [5.41, 5.74) is 12.4. The van der Waals surface area contributed by atoms with Crippen molar-refractivity contribution < 1.29 is 30.0 Å². The van der Waals surface area contributed by atoms with Crippen LogP contribution in [0.2, 0.25) is 19.6 Å². The smallest absolute Gasteiger partial charge is 0.0799 e. The summed E-state index contributed by atoms with van der Waals surface area (Å²) in [6, 6.07) is 41.2. The minimum absolute atomic E-state index is 0. The van der Waals surface area contributed by atoms with Crippen molar-refractivity contribution in [3.63, 3.8) is 0 Å². The molecule has 63 heavy (non-hydrogen) atoms. The van der Waals surface area contributed by atoms with E-state index in [1.165, 1.54) is 55.7 Å². The molecule has 9 aromatic rings. The molecule has 323 valence electrons. The Balaban J connectivity index is 0.000000221. The zero-order chi connectivity index (χ0) is 47.5. The van der Waals surface area contributed by atoms with Crippen LogP contribution in [-0.2, 0) is 20.1 Å². The van der Waals surface area contributed by atoms with E-state index >= 15 is 0 Å². The number of para-hydroxylation sites is 2. The third-order valence-corrected chi connectivity index (χ3v) is 14.5. The molecule has 9 rings (SSSR count). The topological polar surface area (TPSA) is 43.6 Å². The number of pyridine rings is 2. The van der Waals surface area contributed by atoms with Crippen molar-refractivity contribution in [2.75, 3.05) is 0 Å². The maximum atomic E-state index is 14.7. The van der Waals surface area contributed by atoms with Crippen molar-refractivity contribution in [2.45, 2.75) is 92.7 Å². The molecule has 0 amide bonds. The third-order valence-electron chi connectivity index (χ3n) is 11.5. The second kappa shape index (κ2) is 18.5. The van der Waals surface area contributed by atoms with Crippen LogP contribution in [0.15, 0.2) is 116 Å². The third kappa shape index (κ3) is 9.01. The molecule has 0 spiro atoms. The Bertz CT molecular complexity index is 3230. The first-order chi connectivity index (χ1) is 31.1. The van der Waals surface area contributed by atoms with E-state index in [-0.39, 0.29) is 31.2 Å². The van der Waals surface area contributed by atoms with E-state index in [9.17, 15) is 4.39 Å². The van der Waals surface area contributed by atoms with Crippen molar-refractivity contribution in [3.8, 4) is 39.5 Å². The minimum Gasteiger partial charge on any atom is -0.350 e. The van der Waals surface area contributed by atoms with Crippen molar-refractivity contribution in [2.24, 2.45) is 0 Å². The first kappa shape index (κ1) is 40.6. The van der Waals surface area contributed by atoms with Gasteiger partial charge in [-0.2, -0.15) is 11.3 Å². The summed E-state index contributed by atoms with van der Waals surface area (Å²) in [5, 5.41) is 2.27. The van der Waals surface area contributed by atoms with Gasteiger partial charge >= 0.3 is 0 Å². The van der Waals surface area contributed by atoms with E-state index in [1.54, 1.807) is 37.4 Å². The largest absolute Gasteiger partial charge is 0.350 e. The normalized spacial score (nSPS) is 13.1. The monoisotopic (exact) mass is 1050 g/mol. The van der Waals surface area contributed by atoms with E-state index in [4.69, 9.17) is 15.5 Å². The number of nitrogens with zero attached hydrogens (tertiary/aromatic N) is 4. The molecule has 1 radical (unpaired) electrons. The number of rotatable bonds is 8. The summed E-state index contributed by atoms with van der Waals surface area (Å²) in [6.45, 7) is 18.8. The van der Waals surface area contributed by atoms with Gasteiger partial charge in [-0.05, 0) is 104 Å². The maximum Gasteiger partial charge on any atom is 0.0799 e. The van der Waals surface area contributed by atoms with Crippen molar-refractivity contribution >= 4 is 55.9 Å². The maximum absolute atomic E-state index is 14.7. The van der Waals surface area contributed by atoms with Gasteiger partial charge in [-0.25, -0.2) is 0 Å². The summed E-state index contributed by atoms with van der Waals surface area (Å²) in [7, 11) is -1.74. The fourth-order valence-electron chi connectivity index (χ4n) is 8.22. The molecule has 4 nitrogen and oxygen atoms in total. The van der Waals surface area contributed by atoms with Crippen LogP contribution in [0.5, 0.6) is 0 Å². The number of benzene rings is 5. The van der Waals surface area contributed by atoms with Gasteiger partial charge in [0.1, 0.15) is 0 Å². The molecule has 4 heterocycles. The predicted octanol–water partition coefficient (Wildman–Crippen LogP) is 15.1. The van der Waals surface area contributed by atoms with Crippen LogP contribution in [0, 0.1) is 31.7 Å². The molecule has 0 aliphatic heterocycles. The van der Waals surface area contributed by atoms with Crippen LogP contribution in [-0.4, -0.2) is 27.6 Å². The quantitative estimate of drug-likeness (QED) is 0.113. The van der Waals surface area contributed by atoms with Gasteiger partial charge in [-0.15, -0.1) is 24.3 Å². The molecule has 4 aromatic heterocycles. The number of halogens is 1. The van der Waals surface area contributed by atoms with Gasteiger partial charge in [0.2, 0.25) is 0 Å². The number of aryl methyl sites for hydroxylation is 2. The van der Waals surface area contributed by atoms with Gasteiger partial charge in [0.05, 0.1) is 24.9 Å². The van der Waals surface area contributed by atoms with Crippen LogP contribution >= 0.6 is 11.3 Å². The van der Waals surface area contributed by atoms with Crippen LogP contribution in [0.3, 0.4) is 0 Å². The first-order valence-electron chi connectivity index (χ1n) is 23.3. The van der Waals surface area contributed by atoms with E-state index in [2.05, 4.69) is 161 Å². The van der Waals surface area contributed by atoms with Crippen LogP contribution in [0.4, 0.5) is 4.39 Å². The molecule has 0 aliphatic carbocycles. The Hall–Kier alpha value is -5.11. The van der Waals surface area contributed by atoms with Gasteiger partial charge in [0.25, 0.3) is 0 Å². The van der Waals surface area contributed by atoms with E-state index in [0.717, 1.165) is 43.4 Å². The molecule has 0 fully saturated rings. The predicted molar refractivity (Wildman–Crippen MR) is 265 cm³/mol. The molecular weight excluding hydrogens is 988 g/mol. The molecule has 0 unspecified atom stereocenters. The number of hydrogen-bond acceptors (Lipinski definition) is 4. The molecule has 5 aromatic carbocycles. The molecule has 0 N–H and O–H groups in total. The standard InChI is InChI=1S/C37H32N3S.C18H23FNSi.Ir/c1-22(2)28-18-26(25-13-7-6-8-14-25)19-29(23(3)4)36(28)40-31-16-10-9-15-30(31)39-37(40)27-20-33-35(38-21-27)34-24(5)12-11-17-32(34)41-33;1-12(2)15-10-16(20-11-17(15)21(4,5)6)14-9-7-8-13(3)18(14)19;/h6-19,21-23H,1-5H3;7-8,10-12H,1-6H3;/q2*-1;/i;3D3,12D;. The Morgan fingerprint density at radius 2 is 1.48 bits per heavy atom. The van der Waals surface area contributed by atoms with E-state index < -0.39 is 26.6 Å². The molecule has 0 bridgehead atoms. The molecule has 0 aliphatic rings. The fourth-order valence-corrected chi connectivity index (χ4v) is 10.9. The van der Waals surface area contributed by atoms with Gasteiger partial charge in [0.15, 0.2) is 0 Å². The van der Waals surface area contributed by atoms with E-state index in [0.29, 0.717) is 17.5 Å². The zero-order valence-corrected chi connectivity index (χ0v) is 41.7. The Morgan fingerprint density at radius 3 is 2.14 bits per heavy atom. The molecule has 0 atom stereocenters. The molecular formula is C55H55FIrN4SSi-2. The number of hydrogen-bond donors (Lipinski definition) is 0. The number of aromatic nitrogens is 4. The average Bonchev–Trinajstić information content (AvgIpc) is 3.84. The van der Waals surface area contributed by atoms with E-state index in [1.807, 2.05) is 6.20 Å². The summed E-state index contributed by atoms with van der Waals surface area (Å²) in [5.74, 6) is -0.188. The van der Waals surface area contributed by atoms with Crippen LogP contribution in [0.25, 0.3) is 70.8 Å². The molecule has 0 saturated heterocycles. The van der Waals surface area contributed by atoms with Crippen molar-refractivity contribution in [3.05, 3.63) is 161 Å². The van der Waals surface area contributed by atoms with Crippen molar-refractivity contribution in [1.82, 2.24) is 19.5 Å². The number of fused-ring (bicyclic) bond motifs is 4. The molecule has 0 saturated carbocycles.